The summed E-state index contributed by atoms with van der Waals surface area (Å²) in [6, 6.07) is 14.7. The van der Waals surface area contributed by atoms with E-state index in [1.165, 1.54) is 4.90 Å². The predicted octanol–water partition coefficient (Wildman–Crippen LogP) is 3.13. The molecule has 0 heterocycles. The first-order valence-corrected chi connectivity index (χ1v) is 6.62. The molecule has 2 aromatic rings. The number of hydrogen-bond donors (Lipinski definition) is 1. The van der Waals surface area contributed by atoms with E-state index in [2.05, 4.69) is 0 Å². The first-order chi connectivity index (χ1) is 9.50. The van der Waals surface area contributed by atoms with E-state index in [-0.39, 0.29) is 5.91 Å². The molecule has 0 fully saturated rings. The minimum atomic E-state index is -1.13. The van der Waals surface area contributed by atoms with Crippen molar-refractivity contribution < 1.29 is 9.90 Å². The van der Waals surface area contributed by atoms with Crippen molar-refractivity contribution in [3.05, 3.63) is 59.1 Å². The van der Waals surface area contributed by atoms with Gasteiger partial charge in [0.2, 0.25) is 0 Å². The molecule has 1 unspecified atom stereocenters. The molecule has 2 aromatic carbocycles. The smallest absolute Gasteiger partial charge is 0.255 e. The van der Waals surface area contributed by atoms with E-state index in [4.69, 9.17) is 11.6 Å². The summed E-state index contributed by atoms with van der Waals surface area (Å²) in [6.07, 6.45) is -1.13. The van der Waals surface area contributed by atoms with Crippen molar-refractivity contribution in [2.75, 3.05) is 14.1 Å². The van der Waals surface area contributed by atoms with Gasteiger partial charge < -0.3 is 10.0 Å². The monoisotopic (exact) mass is 289 g/mol. The van der Waals surface area contributed by atoms with E-state index in [1.54, 1.807) is 26.2 Å². The van der Waals surface area contributed by atoms with Crippen LogP contribution in [0.3, 0.4) is 0 Å². The zero-order valence-corrected chi connectivity index (χ0v) is 12.1. The van der Waals surface area contributed by atoms with Crippen LogP contribution in [0.5, 0.6) is 0 Å². The van der Waals surface area contributed by atoms with Crippen molar-refractivity contribution in [2.45, 2.75) is 6.10 Å². The molecule has 0 saturated carbocycles. The highest BCUT2D eigenvalue weighted by molar-refractivity contribution is 6.33. The lowest BCUT2D eigenvalue weighted by Gasteiger charge is -2.16. The summed E-state index contributed by atoms with van der Waals surface area (Å²) in [5, 5.41) is 10.6. The van der Waals surface area contributed by atoms with E-state index in [1.807, 2.05) is 36.4 Å². The Morgan fingerprint density at radius 1 is 1.10 bits per heavy atom. The lowest BCUT2D eigenvalue weighted by Crippen LogP contribution is -2.27. The first kappa shape index (κ1) is 14.6. The van der Waals surface area contributed by atoms with Crippen LogP contribution in [0.15, 0.2) is 48.5 Å². The van der Waals surface area contributed by atoms with E-state index < -0.39 is 6.10 Å². The molecule has 3 nitrogen and oxygen atoms in total. The molecule has 0 spiro atoms. The number of carbonyl (C=O) groups excluding carboxylic acids is 1. The fourth-order valence-electron chi connectivity index (χ4n) is 1.93. The molecule has 0 radical (unpaired) electrons. The third kappa shape index (κ3) is 3.00. The molecule has 0 saturated heterocycles. The minimum absolute atomic E-state index is 0.338. The van der Waals surface area contributed by atoms with Crippen LogP contribution in [0.4, 0.5) is 0 Å². The highest BCUT2D eigenvalue weighted by atomic mass is 35.5. The van der Waals surface area contributed by atoms with E-state index in [0.29, 0.717) is 10.6 Å². The maximum absolute atomic E-state index is 11.7. The van der Waals surface area contributed by atoms with Crippen molar-refractivity contribution in [3.63, 3.8) is 0 Å². The Morgan fingerprint density at radius 3 is 2.25 bits per heavy atom. The maximum Gasteiger partial charge on any atom is 0.255 e. The SMILES string of the molecule is CN(C)C(=O)C(O)c1ccc(-c2ccccc2Cl)cc1. The average Bonchev–Trinajstić information content (AvgIpc) is 2.46. The molecular weight excluding hydrogens is 274 g/mol. The number of nitrogens with zero attached hydrogens (tertiary/aromatic N) is 1. The van der Waals surface area contributed by atoms with Crippen LogP contribution in [0.25, 0.3) is 11.1 Å². The molecule has 0 aliphatic carbocycles. The second-order valence-corrected chi connectivity index (χ2v) is 5.14. The molecule has 0 aliphatic heterocycles. The lowest BCUT2D eigenvalue weighted by atomic mass is 10.0. The second kappa shape index (κ2) is 6.07. The van der Waals surface area contributed by atoms with Crippen molar-refractivity contribution in [1.29, 1.82) is 0 Å². The van der Waals surface area contributed by atoms with Gasteiger partial charge >= 0.3 is 0 Å². The third-order valence-corrected chi connectivity index (χ3v) is 3.42. The van der Waals surface area contributed by atoms with E-state index in [9.17, 15) is 9.90 Å². The predicted molar refractivity (Wildman–Crippen MR) is 80.5 cm³/mol. The van der Waals surface area contributed by atoms with Gasteiger partial charge in [0.15, 0.2) is 6.10 Å². The van der Waals surface area contributed by atoms with E-state index in [0.717, 1.165) is 11.1 Å². The van der Waals surface area contributed by atoms with Gasteiger partial charge in [-0.15, -0.1) is 0 Å². The number of rotatable bonds is 3. The summed E-state index contributed by atoms with van der Waals surface area (Å²) in [5.41, 5.74) is 2.44. The highest BCUT2D eigenvalue weighted by Crippen LogP contribution is 2.28. The van der Waals surface area contributed by atoms with Gasteiger partial charge in [0.25, 0.3) is 5.91 Å². The topological polar surface area (TPSA) is 40.5 Å². The lowest BCUT2D eigenvalue weighted by molar-refractivity contribution is -0.137. The number of aliphatic hydroxyl groups is 1. The van der Waals surface area contributed by atoms with Crippen LogP contribution in [-0.2, 0) is 4.79 Å². The van der Waals surface area contributed by atoms with Gasteiger partial charge in [0, 0.05) is 24.7 Å². The number of halogens is 1. The highest BCUT2D eigenvalue weighted by Gasteiger charge is 2.18. The molecule has 2 rings (SSSR count). The number of carbonyl (C=O) groups is 1. The number of likely N-dealkylation sites (N-methyl/N-ethyl adjacent to an activating group) is 1. The minimum Gasteiger partial charge on any atom is -0.378 e. The van der Waals surface area contributed by atoms with Crippen molar-refractivity contribution in [3.8, 4) is 11.1 Å². The average molecular weight is 290 g/mol. The fourth-order valence-corrected chi connectivity index (χ4v) is 2.17. The second-order valence-electron chi connectivity index (χ2n) is 4.74. The van der Waals surface area contributed by atoms with Gasteiger partial charge in [-0.1, -0.05) is 54.1 Å². The van der Waals surface area contributed by atoms with Crippen LogP contribution in [0, 0.1) is 0 Å². The normalized spacial score (nSPS) is 12.0. The molecule has 0 bridgehead atoms. The Balaban J connectivity index is 2.27. The first-order valence-electron chi connectivity index (χ1n) is 6.25. The molecule has 0 aliphatic rings. The van der Waals surface area contributed by atoms with Crippen LogP contribution in [-0.4, -0.2) is 30.0 Å². The zero-order chi connectivity index (χ0) is 14.7. The molecule has 1 N–H and O–H groups in total. The van der Waals surface area contributed by atoms with Gasteiger partial charge in [0.1, 0.15) is 0 Å². The number of benzene rings is 2. The summed E-state index contributed by atoms with van der Waals surface area (Å²) in [7, 11) is 3.23. The number of hydrogen-bond acceptors (Lipinski definition) is 2. The Labute approximate surface area is 123 Å². The summed E-state index contributed by atoms with van der Waals surface area (Å²) in [5.74, 6) is -0.338. The van der Waals surface area contributed by atoms with Crippen molar-refractivity contribution >= 4 is 17.5 Å². The van der Waals surface area contributed by atoms with Gasteiger partial charge in [-0.25, -0.2) is 0 Å². The van der Waals surface area contributed by atoms with Crippen LogP contribution >= 0.6 is 11.6 Å². The van der Waals surface area contributed by atoms with Crippen molar-refractivity contribution in [2.24, 2.45) is 0 Å². The number of aliphatic hydroxyl groups excluding tert-OH is 1. The Kier molecular flexibility index (Phi) is 4.42. The van der Waals surface area contributed by atoms with Gasteiger partial charge in [0.05, 0.1) is 0 Å². The third-order valence-electron chi connectivity index (χ3n) is 3.09. The molecule has 20 heavy (non-hydrogen) atoms. The van der Waals surface area contributed by atoms with Crippen LogP contribution in [0.2, 0.25) is 5.02 Å². The van der Waals surface area contributed by atoms with E-state index >= 15 is 0 Å². The molecule has 1 amide bonds. The maximum atomic E-state index is 11.7. The molecular formula is C16H16ClNO2. The summed E-state index contributed by atoms with van der Waals surface area (Å²) < 4.78 is 0. The molecule has 0 aromatic heterocycles. The van der Waals surface area contributed by atoms with Gasteiger partial charge in [-0.2, -0.15) is 0 Å². The fraction of sp³-hybridized carbons (Fsp3) is 0.188. The number of amides is 1. The standard InChI is InChI=1S/C16H16ClNO2/c1-18(2)16(20)15(19)12-9-7-11(8-10-12)13-5-3-4-6-14(13)17/h3-10,15,19H,1-2H3. The van der Waals surface area contributed by atoms with Crippen molar-refractivity contribution in [1.82, 2.24) is 4.90 Å². The Bertz CT molecular complexity index is 608. The summed E-state index contributed by atoms with van der Waals surface area (Å²) in [4.78, 5) is 13.1. The Hall–Kier alpha value is -1.84. The van der Waals surface area contributed by atoms with Crippen LogP contribution < -0.4 is 0 Å². The zero-order valence-electron chi connectivity index (χ0n) is 11.4. The largest absolute Gasteiger partial charge is 0.378 e. The quantitative estimate of drug-likeness (QED) is 0.943. The summed E-state index contributed by atoms with van der Waals surface area (Å²) >= 11 is 6.14. The molecule has 104 valence electrons. The molecule has 4 heteroatoms. The van der Waals surface area contributed by atoms with Gasteiger partial charge in [-0.3, -0.25) is 4.79 Å². The van der Waals surface area contributed by atoms with Crippen LogP contribution in [0.1, 0.15) is 11.7 Å². The summed E-state index contributed by atoms with van der Waals surface area (Å²) in [6.45, 7) is 0. The molecule has 1 atom stereocenters. The Morgan fingerprint density at radius 2 is 1.70 bits per heavy atom. The van der Waals surface area contributed by atoms with Gasteiger partial charge in [-0.05, 0) is 17.2 Å².